The molecule has 0 unspecified atom stereocenters. The monoisotopic (exact) mass is 267 g/mol. The molecule has 20 heavy (non-hydrogen) atoms. The summed E-state index contributed by atoms with van der Waals surface area (Å²) in [6.07, 6.45) is 6.35. The molecule has 2 heterocycles. The van der Waals surface area contributed by atoms with Gasteiger partial charge in [0.25, 0.3) is 5.91 Å². The summed E-state index contributed by atoms with van der Waals surface area (Å²) in [5.41, 5.74) is 1.65. The van der Waals surface area contributed by atoms with Crippen molar-refractivity contribution in [3.05, 3.63) is 72.6 Å². The topological polar surface area (TPSA) is 60.1 Å². The molecule has 0 aliphatic heterocycles. The quantitative estimate of drug-likeness (QED) is 0.790. The van der Waals surface area contributed by atoms with Crippen LogP contribution in [0.2, 0.25) is 0 Å². The maximum atomic E-state index is 11.8. The third-order valence-corrected chi connectivity index (χ3v) is 2.87. The van der Waals surface area contributed by atoms with E-state index in [9.17, 15) is 4.79 Å². The minimum Gasteiger partial charge on any atom is -0.472 e. The van der Waals surface area contributed by atoms with Gasteiger partial charge in [0.15, 0.2) is 5.82 Å². The predicted octanol–water partition coefficient (Wildman–Crippen LogP) is 2.78. The summed E-state index contributed by atoms with van der Waals surface area (Å²) in [4.78, 5) is 16.0. The van der Waals surface area contributed by atoms with Crippen molar-refractivity contribution < 1.29 is 9.21 Å². The Balaban J connectivity index is 1.67. The molecule has 5 nitrogen and oxygen atoms in total. The zero-order chi connectivity index (χ0) is 13.8. The van der Waals surface area contributed by atoms with E-state index in [1.54, 1.807) is 18.6 Å². The lowest BCUT2D eigenvalue weighted by Crippen LogP contribution is -2.11. The predicted molar refractivity (Wildman–Crippen MR) is 74.4 cm³/mol. The van der Waals surface area contributed by atoms with Crippen LogP contribution in [0.3, 0.4) is 0 Å². The number of carbonyl (C=O) groups excluding carboxylic acids is 1. The summed E-state index contributed by atoms with van der Waals surface area (Å²) in [7, 11) is 0. The molecule has 1 aromatic carbocycles. The molecule has 0 saturated heterocycles. The van der Waals surface area contributed by atoms with Gasteiger partial charge in [0.2, 0.25) is 0 Å². The minimum absolute atomic E-state index is 0.233. The maximum absolute atomic E-state index is 11.8. The van der Waals surface area contributed by atoms with Gasteiger partial charge in [0, 0.05) is 12.7 Å². The van der Waals surface area contributed by atoms with Crippen molar-refractivity contribution in [2.24, 2.45) is 0 Å². The lowest BCUT2D eigenvalue weighted by Gasteiger charge is -2.01. The lowest BCUT2D eigenvalue weighted by molar-refractivity contribution is 0.102. The lowest BCUT2D eigenvalue weighted by atomic mass is 10.2. The van der Waals surface area contributed by atoms with Crippen LogP contribution in [-0.4, -0.2) is 15.5 Å². The van der Waals surface area contributed by atoms with Crippen LogP contribution >= 0.6 is 0 Å². The van der Waals surface area contributed by atoms with Gasteiger partial charge in [0.05, 0.1) is 18.2 Å². The molecule has 1 N–H and O–H groups in total. The van der Waals surface area contributed by atoms with E-state index in [-0.39, 0.29) is 5.91 Å². The van der Waals surface area contributed by atoms with Crippen LogP contribution in [0.15, 0.2) is 65.9 Å². The van der Waals surface area contributed by atoms with Crippen molar-refractivity contribution >= 4 is 11.7 Å². The van der Waals surface area contributed by atoms with Gasteiger partial charge < -0.3 is 14.3 Å². The van der Waals surface area contributed by atoms with Crippen molar-refractivity contribution in [2.45, 2.75) is 6.54 Å². The Bertz CT molecular complexity index is 687. The van der Waals surface area contributed by atoms with Crippen molar-refractivity contribution in [3.63, 3.8) is 0 Å². The first-order valence-corrected chi connectivity index (χ1v) is 6.20. The molecule has 0 aliphatic carbocycles. The van der Waals surface area contributed by atoms with Crippen molar-refractivity contribution in [1.29, 1.82) is 0 Å². The van der Waals surface area contributed by atoms with E-state index >= 15 is 0 Å². The number of nitrogens with one attached hydrogen (secondary N) is 1. The highest BCUT2D eigenvalue weighted by Gasteiger charge is 2.08. The number of hydrogen-bond donors (Lipinski definition) is 1. The molecule has 0 bridgehead atoms. The molecule has 3 aromatic rings. The zero-order valence-corrected chi connectivity index (χ0v) is 10.7. The molecule has 0 saturated carbocycles. The van der Waals surface area contributed by atoms with Crippen molar-refractivity contribution in [2.75, 3.05) is 5.32 Å². The largest absolute Gasteiger partial charge is 0.472 e. The summed E-state index contributed by atoms with van der Waals surface area (Å²) in [5.74, 6) is 0.288. The second kappa shape index (κ2) is 5.44. The fraction of sp³-hybridized carbons (Fsp3) is 0.0667. The minimum atomic E-state index is -0.233. The summed E-state index contributed by atoms with van der Waals surface area (Å²) in [5, 5.41) is 2.72. The standard InChI is InChI=1S/C15H13N3O2/c19-15(13-6-7-20-10-13)17-14-9-18(11-16-14)8-12-4-2-1-3-5-12/h1-7,9-11H,8H2,(H,17,19). The average Bonchev–Trinajstić information content (AvgIpc) is 3.11. The van der Waals surface area contributed by atoms with Gasteiger partial charge in [-0.25, -0.2) is 4.98 Å². The number of furan rings is 1. The highest BCUT2D eigenvalue weighted by Crippen LogP contribution is 2.09. The second-order valence-electron chi connectivity index (χ2n) is 4.38. The highest BCUT2D eigenvalue weighted by molar-refractivity contribution is 6.03. The Kier molecular flexibility index (Phi) is 3.33. The van der Waals surface area contributed by atoms with Crippen molar-refractivity contribution in [3.8, 4) is 0 Å². The first-order chi connectivity index (χ1) is 9.81. The molecule has 1 amide bonds. The molecule has 0 atom stereocenters. The average molecular weight is 267 g/mol. The fourth-order valence-corrected chi connectivity index (χ4v) is 1.89. The number of aromatic nitrogens is 2. The fourth-order valence-electron chi connectivity index (χ4n) is 1.89. The molecule has 100 valence electrons. The first-order valence-electron chi connectivity index (χ1n) is 6.20. The first kappa shape index (κ1) is 12.2. The molecule has 3 rings (SSSR count). The Morgan fingerprint density at radius 2 is 2.10 bits per heavy atom. The smallest absolute Gasteiger partial charge is 0.260 e. The SMILES string of the molecule is O=C(Nc1cn(Cc2ccccc2)cn1)c1ccoc1. The zero-order valence-electron chi connectivity index (χ0n) is 10.7. The van der Waals surface area contributed by atoms with Gasteiger partial charge in [-0.1, -0.05) is 30.3 Å². The van der Waals surface area contributed by atoms with Crippen LogP contribution < -0.4 is 5.32 Å². The van der Waals surface area contributed by atoms with Gasteiger partial charge in [-0.3, -0.25) is 4.79 Å². The molecule has 0 spiro atoms. The Labute approximate surface area is 115 Å². The number of hydrogen-bond acceptors (Lipinski definition) is 3. The van der Waals surface area contributed by atoms with Gasteiger partial charge in [-0.05, 0) is 11.6 Å². The number of rotatable bonds is 4. The molecule has 0 fully saturated rings. The van der Waals surface area contributed by atoms with Gasteiger partial charge in [0.1, 0.15) is 6.26 Å². The molecule has 0 radical (unpaired) electrons. The Morgan fingerprint density at radius 3 is 2.85 bits per heavy atom. The Hall–Kier alpha value is -2.82. The van der Waals surface area contributed by atoms with E-state index < -0.39 is 0 Å². The van der Waals surface area contributed by atoms with E-state index in [1.807, 2.05) is 34.9 Å². The van der Waals surface area contributed by atoms with E-state index in [2.05, 4.69) is 10.3 Å². The summed E-state index contributed by atoms with van der Waals surface area (Å²) in [6.45, 7) is 0.718. The number of imidazole rings is 1. The second-order valence-corrected chi connectivity index (χ2v) is 4.38. The van der Waals surface area contributed by atoms with E-state index in [0.29, 0.717) is 11.4 Å². The molecule has 5 heteroatoms. The summed E-state index contributed by atoms with van der Waals surface area (Å²) < 4.78 is 6.79. The number of amides is 1. The van der Waals surface area contributed by atoms with Gasteiger partial charge >= 0.3 is 0 Å². The van der Waals surface area contributed by atoms with Crippen LogP contribution in [0.25, 0.3) is 0 Å². The third kappa shape index (κ3) is 2.77. The molecular formula is C15H13N3O2. The Morgan fingerprint density at radius 1 is 1.25 bits per heavy atom. The number of nitrogens with zero attached hydrogens (tertiary/aromatic N) is 2. The van der Waals surface area contributed by atoms with E-state index in [0.717, 1.165) is 6.54 Å². The maximum Gasteiger partial charge on any atom is 0.260 e. The van der Waals surface area contributed by atoms with Crippen LogP contribution in [0.1, 0.15) is 15.9 Å². The van der Waals surface area contributed by atoms with Crippen LogP contribution in [0.4, 0.5) is 5.82 Å². The van der Waals surface area contributed by atoms with Crippen LogP contribution in [0.5, 0.6) is 0 Å². The molecule has 2 aromatic heterocycles. The summed E-state index contributed by atoms with van der Waals surface area (Å²) >= 11 is 0. The van der Waals surface area contributed by atoms with E-state index in [1.165, 1.54) is 18.1 Å². The van der Waals surface area contributed by atoms with Gasteiger partial charge in [-0.2, -0.15) is 0 Å². The number of benzene rings is 1. The third-order valence-electron chi connectivity index (χ3n) is 2.87. The van der Waals surface area contributed by atoms with Gasteiger partial charge in [-0.15, -0.1) is 0 Å². The van der Waals surface area contributed by atoms with E-state index in [4.69, 9.17) is 4.42 Å². The highest BCUT2D eigenvalue weighted by atomic mass is 16.3. The number of anilines is 1. The van der Waals surface area contributed by atoms with Crippen LogP contribution in [-0.2, 0) is 6.54 Å². The van der Waals surface area contributed by atoms with Crippen molar-refractivity contribution in [1.82, 2.24) is 9.55 Å². The molecular weight excluding hydrogens is 254 g/mol. The normalized spacial score (nSPS) is 10.4. The number of carbonyl (C=O) groups is 1. The summed E-state index contributed by atoms with van der Waals surface area (Å²) in [6, 6.07) is 11.7. The molecule has 0 aliphatic rings. The van der Waals surface area contributed by atoms with Crippen LogP contribution in [0, 0.1) is 0 Å².